The van der Waals surface area contributed by atoms with Crippen LogP contribution in [0.15, 0.2) is 23.5 Å². The predicted octanol–water partition coefficient (Wildman–Crippen LogP) is 1.67. The summed E-state index contributed by atoms with van der Waals surface area (Å²) in [6, 6.07) is 1.38. The fraction of sp³-hybridized carbons (Fsp3) is 0.400. The molecule has 30 heavy (non-hydrogen) atoms. The molecule has 2 aromatic rings. The van der Waals surface area contributed by atoms with Gasteiger partial charge in [0.25, 0.3) is 15.9 Å². The van der Waals surface area contributed by atoms with Crippen LogP contribution in [0.5, 0.6) is 0 Å². The number of amides is 3. The van der Waals surface area contributed by atoms with E-state index in [1.165, 1.54) is 36.3 Å². The summed E-state index contributed by atoms with van der Waals surface area (Å²) in [5.41, 5.74) is 5.28. The van der Waals surface area contributed by atoms with E-state index in [0.29, 0.717) is 0 Å². The molecule has 0 spiro atoms. The Labute approximate surface area is 175 Å². The van der Waals surface area contributed by atoms with Gasteiger partial charge in [-0.15, -0.1) is 0 Å². The number of anilines is 1. The van der Waals surface area contributed by atoms with Crippen LogP contribution in [0, 0.1) is 0 Å². The number of aromatic nitrogens is 2. The maximum absolute atomic E-state index is 12.6. The maximum atomic E-state index is 12.6. The Morgan fingerprint density at radius 1 is 1.00 bits per heavy atom. The van der Waals surface area contributed by atoms with Crippen LogP contribution in [0.3, 0.4) is 0 Å². The van der Waals surface area contributed by atoms with Crippen molar-refractivity contribution in [1.82, 2.24) is 19.6 Å². The molecule has 2 aliphatic carbocycles. The fourth-order valence-electron chi connectivity index (χ4n) is 4.09. The molecule has 0 aliphatic heterocycles. The lowest BCUT2D eigenvalue weighted by molar-refractivity contribution is 0.0820. The molecule has 2 N–H and O–H groups in total. The van der Waals surface area contributed by atoms with E-state index in [2.05, 4.69) is 21.4 Å². The number of aryl methyl sites for hydroxylation is 2. The van der Waals surface area contributed by atoms with Crippen molar-refractivity contribution < 1.29 is 18.0 Å². The largest absolute Gasteiger partial charge is 0.343 e. The third-order valence-corrected chi connectivity index (χ3v) is 6.65. The number of urea groups is 1. The van der Waals surface area contributed by atoms with Crippen LogP contribution in [-0.2, 0) is 35.7 Å². The first-order valence-corrected chi connectivity index (χ1v) is 11.3. The summed E-state index contributed by atoms with van der Waals surface area (Å²) in [4.78, 5) is 33.5. The molecule has 10 heteroatoms. The molecule has 4 rings (SSSR count). The van der Waals surface area contributed by atoms with Gasteiger partial charge in [0, 0.05) is 19.8 Å². The van der Waals surface area contributed by atoms with E-state index in [1.807, 2.05) is 4.72 Å². The third kappa shape index (κ3) is 3.74. The molecule has 0 radical (unpaired) electrons. The fourth-order valence-corrected chi connectivity index (χ4v) is 4.91. The van der Waals surface area contributed by atoms with Gasteiger partial charge in [-0.05, 0) is 60.8 Å². The number of carbonyl (C=O) groups excluding carboxylic acids is 2. The van der Waals surface area contributed by atoms with E-state index in [4.69, 9.17) is 0 Å². The lowest BCUT2D eigenvalue weighted by Crippen LogP contribution is -2.36. The van der Waals surface area contributed by atoms with Crippen LogP contribution in [0.1, 0.15) is 45.6 Å². The number of benzene rings is 1. The Kier molecular flexibility index (Phi) is 5.19. The van der Waals surface area contributed by atoms with Gasteiger partial charge in [-0.25, -0.2) is 14.5 Å². The van der Waals surface area contributed by atoms with Gasteiger partial charge >= 0.3 is 6.03 Å². The minimum absolute atomic E-state index is 0.123. The highest BCUT2D eigenvalue weighted by atomic mass is 32.2. The molecule has 158 valence electrons. The van der Waals surface area contributed by atoms with Crippen LogP contribution in [0.25, 0.3) is 0 Å². The van der Waals surface area contributed by atoms with Gasteiger partial charge in [0.1, 0.15) is 5.69 Å². The normalized spacial score (nSPS) is 14.7. The van der Waals surface area contributed by atoms with E-state index in [-0.39, 0.29) is 5.69 Å². The highest BCUT2D eigenvalue weighted by Crippen LogP contribution is 2.38. The molecular weight excluding hydrogens is 406 g/mol. The average Bonchev–Trinajstić information content (AvgIpc) is 3.36. The number of rotatable bonds is 4. The Bertz CT molecular complexity index is 1110. The SMILES string of the molecule is CN(C)C(=O)c1cncc(S(=O)(=O)NC(=O)Nc2c3c(cc4c2CCC4)CCC3)n1. The average molecular weight is 430 g/mol. The summed E-state index contributed by atoms with van der Waals surface area (Å²) >= 11 is 0. The van der Waals surface area contributed by atoms with Crippen molar-refractivity contribution in [3.63, 3.8) is 0 Å². The van der Waals surface area contributed by atoms with E-state index in [9.17, 15) is 18.0 Å². The highest BCUT2D eigenvalue weighted by molar-refractivity contribution is 7.90. The van der Waals surface area contributed by atoms with Crippen molar-refractivity contribution in [1.29, 1.82) is 0 Å². The minimum Gasteiger partial charge on any atom is -0.343 e. The van der Waals surface area contributed by atoms with Crippen molar-refractivity contribution in [2.45, 2.75) is 43.6 Å². The molecular formula is C20H23N5O4S. The summed E-state index contributed by atoms with van der Waals surface area (Å²) in [5.74, 6) is -0.487. The molecule has 1 aromatic carbocycles. The Morgan fingerprint density at radius 2 is 1.63 bits per heavy atom. The zero-order chi connectivity index (χ0) is 21.5. The number of carbonyl (C=O) groups is 2. The molecule has 0 bridgehead atoms. The van der Waals surface area contributed by atoms with Gasteiger partial charge in [0.05, 0.1) is 12.4 Å². The summed E-state index contributed by atoms with van der Waals surface area (Å²) < 4.78 is 27.3. The zero-order valence-corrected chi connectivity index (χ0v) is 17.7. The van der Waals surface area contributed by atoms with Crippen LogP contribution < -0.4 is 10.0 Å². The van der Waals surface area contributed by atoms with Crippen LogP contribution in [-0.4, -0.2) is 49.3 Å². The number of sulfonamides is 1. The van der Waals surface area contributed by atoms with Crippen LogP contribution in [0.4, 0.5) is 10.5 Å². The van der Waals surface area contributed by atoms with Gasteiger partial charge < -0.3 is 10.2 Å². The monoisotopic (exact) mass is 429 g/mol. The topological polar surface area (TPSA) is 121 Å². The number of fused-ring (bicyclic) bond motifs is 2. The smallest absolute Gasteiger partial charge is 0.333 e. The van der Waals surface area contributed by atoms with Gasteiger partial charge in [-0.3, -0.25) is 9.78 Å². The van der Waals surface area contributed by atoms with Gasteiger partial charge in [-0.2, -0.15) is 8.42 Å². The second kappa shape index (κ2) is 7.67. The number of hydrogen-bond donors (Lipinski definition) is 2. The molecule has 2 aliphatic rings. The van der Waals surface area contributed by atoms with Crippen molar-refractivity contribution >= 4 is 27.6 Å². The lowest BCUT2D eigenvalue weighted by Gasteiger charge is -2.16. The zero-order valence-electron chi connectivity index (χ0n) is 16.9. The molecule has 0 unspecified atom stereocenters. The molecule has 3 amide bonds. The van der Waals surface area contributed by atoms with E-state index in [1.54, 1.807) is 0 Å². The Morgan fingerprint density at radius 3 is 2.23 bits per heavy atom. The van der Waals surface area contributed by atoms with Crippen molar-refractivity contribution in [2.75, 3.05) is 19.4 Å². The minimum atomic E-state index is -4.30. The second-order valence-corrected chi connectivity index (χ2v) is 9.37. The Balaban J connectivity index is 1.57. The second-order valence-electron chi connectivity index (χ2n) is 7.74. The molecule has 0 saturated heterocycles. The van der Waals surface area contributed by atoms with Crippen molar-refractivity contribution in [3.8, 4) is 0 Å². The maximum Gasteiger partial charge on any atom is 0.333 e. The summed E-state index contributed by atoms with van der Waals surface area (Å²) in [6.07, 6.45) is 7.90. The number of nitrogens with one attached hydrogen (secondary N) is 2. The number of nitrogens with zero attached hydrogens (tertiary/aromatic N) is 3. The van der Waals surface area contributed by atoms with E-state index >= 15 is 0 Å². The van der Waals surface area contributed by atoms with Gasteiger partial charge in [-0.1, -0.05) is 6.07 Å². The van der Waals surface area contributed by atoms with Gasteiger partial charge in [0.15, 0.2) is 5.03 Å². The lowest BCUT2D eigenvalue weighted by atomic mass is 9.99. The molecule has 0 fully saturated rings. The molecule has 9 nitrogen and oxygen atoms in total. The standard InChI is InChI=1S/C20H23N5O4S/c1-25(2)19(26)16-10-21-11-17(22-16)30(28,29)24-20(27)23-18-14-7-3-5-12(14)9-13-6-4-8-15(13)18/h9-11H,3-8H2,1-2H3,(H2,23,24,27). The van der Waals surface area contributed by atoms with Gasteiger partial charge in [0.2, 0.25) is 0 Å². The predicted molar refractivity (Wildman–Crippen MR) is 110 cm³/mol. The van der Waals surface area contributed by atoms with Crippen molar-refractivity contribution in [3.05, 3.63) is 46.4 Å². The van der Waals surface area contributed by atoms with Crippen LogP contribution >= 0.6 is 0 Å². The van der Waals surface area contributed by atoms with Crippen LogP contribution in [0.2, 0.25) is 0 Å². The molecule has 0 atom stereocenters. The first-order chi connectivity index (χ1) is 14.3. The third-order valence-electron chi connectivity index (χ3n) is 5.45. The first kappa shape index (κ1) is 20.3. The highest BCUT2D eigenvalue weighted by Gasteiger charge is 2.27. The molecule has 1 heterocycles. The molecule has 1 aromatic heterocycles. The van der Waals surface area contributed by atoms with E-state index in [0.717, 1.165) is 61.5 Å². The quantitative estimate of drug-likeness (QED) is 0.762. The van der Waals surface area contributed by atoms with Crippen molar-refractivity contribution in [2.24, 2.45) is 0 Å². The first-order valence-electron chi connectivity index (χ1n) is 9.80. The molecule has 0 saturated carbocycles. The van der Waals surface area contributed by atoms with E-state index < -0.39 is 27.0 Å². The Hall–Kier alpha value is -3.01. The summed E-state index contributed by atoms with van der Waals surface area (Å²) in [6.45, 7) is 0. The number of hydrogen-bond acceptors (Lipinski definition) is 6. The summed E-state index contributed by atoms with van der Waals surface area (Å²) in [7, 11) is -1.25. The summed E-state index contributed by atoms with van der Waals surface area (Å²) in [5, 5.41) is 2.28.